The second-order valence-corrected chi connectivity index (χ2v) is 5.73. The number of aliphatic hydroxyl groups is 1. The van der Waals surface area contributed by atoms with E-state index in [0.717, 1.165) is 5.56 Å². The van der Waals surface area contributed by atoms with Crippen molar-refractivity contribution in [2.24, 2.45) is 0 Å². The quantitative estimate of drug-likeness (QED) is 0.840. The van der Waals surface area contributed by atoms with Gasteiger partial charge in [0.15, 0.2) is 0 Å². The molecule has 128 valence electrons. The van der Waals surface area contributed by atoms with Gasteiger partial charge in [0.25, 0.3) is 5.91 Å². The molecule has 0 heterocycles. The predicted octanol–water partition coefficient (Wildman–Crippen LogP) is 3.13. The molecule has 0 aliphatic heterocycles. The fourth-order valence-electron chi connectivity index (χ4n) is 2.38. The summed E-state index contributed by atoms with van der Waals surface area (Å²) < 4.78 is 10.4. The molecular formula is C18H20ClNO4. The molecule has 0 aliphatic rings. The Balaban J connectivity index is 2.10. The Hall–Kier alpha value is -2.24. The van der Waals surface area contributed by atoms with E-state index in [1.54, 1.807) is 43.5 Å². The number of halogens is 1. The minimum absolute atomic E-state index is 0.0461. The Kier molecular flexibility index (Phi) is 6.06. The molecule has 0 radical (unpaired) electrons. The Morgan fingerprint density at radius 3 is 2.58 bits per heavy atom. The summed E-state index contributed by atoms with van der Waals surface area (Å²) in [6.07, 6.45) is -0.924. The van der Waals surface area contributed by atoms with Gasteiger partial charge in [-0.25, -0.2) is 0 Å². The van der Waals surface area contributed by atoms with E-state index in [-0.39, 0.29) is 12.5 Å². The second-order valence-electron chi connectivity index (χ2n) is 5.29. The van der Waals surface area contributed by atoms with Crippen molar-refractivity contribution >= 4 is 17.5 Å². The lowest BCUT2D eigenvalue weighted by Gasteiger charge is -2.17. The van der Waals surface area contributed by atoms with Gasteiger partial charge < -0.3 is 19.9 Å². The van der Waals surface area contributed by atoms with Gasteiger partial charge in [-0.05, 0) is 48.9 Å². The van der Waals surface area contributed by atoms with Crippen LogP contribution in [-0.4, -0.2) is 31.8 Å². The highest BCUT2D eigenvalue weighted by Gasteiger charge is 2.17. The van der Waals surface area contributed by atoms with Crippen LogP contribution >= 0.6 is 11.6 Å². The van der Waals surface area contributed by atoms with E-state index >= 15 is 0 Å². The van der Waals surface area contributed by atoms with Gasteiger partial charge in [-0.15, -0.1) is 0 Å². The van der Waals surface area contributed by atoms with Crippen molar-refractivity contribution in [3.05, 3.63) is 58.1 Å². The van der Waals surface area contributed by atoms with E-state index in [9.17, 15) is 9.90 Å². The maximum Gasteiger partial charge on any atom is 0.251 e. The minimum atomic E-state index is -0.924. The molecule has 0 saturated carbocycles. The number of rotatable bonds is 6. The number of carbonyl (C=O) groups excluding carboxylic acids is 1. The Morgan fingerprint density at radius 2 is 1.96 bits per heavy atom. The summed E-state index contributed by atoms with van der Waals surface area (Å²) in [4.78, 5) is 12.3. The van der Waals surface area contributed by atoms with E-state index in [2.05, 4.69) is 5.32 Å². The van der Waals surface area contributed by atoms with Gasteiger partial charge in [-0.3, -0.25) is 4.79 Å². The van der Waals surface area contributed by atoms with E-state index in [0.29, 0.717) is 27.6 Å². The van der Waals surface area contributed by atoms with E-state index in [4.69, 9.17) is 21.1 Å². The van der Waals surface area contributed by atoms with E-state index < -0.39 is 6.10 Å². The summed E-state index contributed by atoms with van der Waals surface area (Å²) in [5.74, 6) is 0.857. The number of aryl methyl sites for hydroxylation is 1. The van der Waals surface area contributed by atoms with Crippen molar-refractivity contribution < 1.29 is 19.4 Å². The first-order valence-electron chi connectivity index (χ1n) is 7.40. The fourth-order valence-corrected chi connectivity index (χ4v) is 2.60. The van der Waals surface area contributed by atoms with Gasteiger partial charge in [-0.2, -0.15) is 0 Å². The molecule has 6 heteroatoms. The molecular weight excluding hydrogens is 330 g/mol. The zero-order valence-corrected chi connectivity index (χ0v) is 14.6. The number of benzene rings is 2. The second kappa shape index (κ2) is 8.04. The Labute approximate surface area is 146 Å². The summed E-state index contributed by atoms with van der Waals surface area (Å²) in [5, 5.41) is 13.7. The number of amides is 1. The number of nitrogens with one attached hydrogen (secondary N) is 1. The Morgan fingerprint density at radius 1 is 1.21 bits per heavy atom. The monoisotopic (exact) mass is 349 g/mol. The Bertz CT molecular complexity index is 733. The van der Waals surface area contributed by atoms with Crippen molar-refractivity contribution in [2.45, 2.75) is 13.0 Å². The summed E-state index contributed by atoms with van der Waals surface area (Å²) in [6, 6.07) is 10.2. The fraction of sp³-hybridized carbons (Fsp3) is 0.278. The van der Waals surface area contributed by atoms with Crippen molar-refractivity contribution in [1.29, 1.82) is 0 Å². The highest BCUT2D eigenvalue weighted by atomic mass is 35.5. The summed E-state index contributed by atoms with van der Waals surface area (Å²) in [7, 11) is 3.07. The number of ether oxygens (including phenoxy) is 2. The van der Waals surface area contributed by atoms with Crippen molar-refractivity contribution in [1.82, 2.24) is 5.32 Å². The maximum atomic E-state index is 12.3. The van der Waals surface area contributed by atoms with Gasteiger partial charge in [0, 0.05) is 22.7 Å². The third-order valence-corrected chi connectivity index (χ3v) is 3.92. The number of carbonyl (C=O) groups is 1. The summed E-state index contributed by atoms with van der Waals surface area (Å²) in [5.41, 5.74) is 1.84. The molecule has 1 amide bonds. The zero-order chi connectivity index (χ0) is 17.7. The summed E-state index contributed by atoms with van der Waals surface area (Å²) in [6.45, 7) is 1.85. The van der Waals surface area contributed by atoms with E-state index in [1.807, 2.05) is 6.92 Å². The first kappa shape index (κ1) is 18.1. The van der Waals surface area contributed by atoms with Crippen LogP contribution in [0.3, 0.4) is 0 Å². The maximum absolute atomic E-state index is 12.3. The largest absolute Gasteiger partial charge is 0.497 e. The first-order valence-corrected chi connectivity index (χ1v) is 7.78. The zero-order valence-electron chi connectivity index (χ0n) is 13.8. The van der Waals surface area contributed by atoms with Crippen molar-refractivity contribution in [3.8, 4) is 11.5 Å². The molecule has 0 aromatic heterocycles. The van der Waals surface area contributed by atoms with Crippen LogP contribution in [0.25, 0.3) is 0 Å². The minimum Gasteiger partial charge on any atom is -0.497 e. The third kappa shape index (κ3) is 4.19. The van der Waals surface area contributed by atoms with Crippen LogP contribution in [0.2, 0.25) is 5.02 Å². The highest BCUT2D eigenvalue weighted by Crippen LogP contribution is 2.29. The first-order chi connectivity index (χ1) is 11.5. The molecule has 0 unspecified atom stereocenters. The standard InChI is InChI=1S/C18H20ClNO4/c1-11-8-12(19)4-6-14(11)18(22)20-10-16(21)15-9-13(23-2)5-7-17(15)24-3/h4-9,16,21H,10H2,1-3H3,(H,20,22)/t16-/m1/s1. The average molecular weight is 350 g/mol. The highest BCUT2D eigenvalue weighted by molar-refractivity contribution is 6.30. The van der Waals surface area contributed by atoms with Gasteiger partial charge in [0.1, 0.15) is 17.6 Å². The average Bonchev–Trinajstić information content (AvgIpc) is 2.58. The third-order valence-electron chi connectivity index (χ3n) is 3.68. The molecule has 2 aromatic rings. The summed E-state index contributed by atoms with van der Waals surface area (Å²) >= 11 is 5.89. The molecule has 0 bridgehead atoms. The lowest BCUT2D eigenvalue weighted by Crippen LogP contribution is -2.29. The van der Waals surface area contributed by atoms with Crippen LogP contribution in [0.15, 0.2) is 36.4 Å². The van der Waals surface area contributed by atoms with Crippen molar-refractivity contribution in [2.75, 3.05) is 20.8 Å². The molecule has 1 atom stereocenters. The van der Waals surface area contributed by atoms with Crippen molar-refractivity contribution in [3.63, 3.8) is 0 Å². The number of aliphatic hydroxyl groups excluding tert-OH is 1. The number of hydrogen-bond acceptors (Lipinski definition) is 4. The van der Waals surface area contributed by atoms with Gasteiger partial charge in [0.2, 0.25) is 0 Å². The van der Waals surface area contributed by atoms with Gasteiger partial charge in [0.05, 0.1) is 14.2 Å². The van der Waals surface area contributed by atoms with Crippen LogP contribution in [0.5, 0.6) is 11.5 Å². The van der Waals surface area contributed by atoms with E-state index in [1.165, 1.54) is 7.11 Å². The molecule has 24 heavy (non-hydrogen) atoms. The number of methoxy groups -OCH3 is 2. The lowest BCUT2D eigenvalue weighted by atomic mass is 10.1. The van der Waals surface area contributed by atoms with Gasteiger partial charge in [-0.1, -0.05) is 11.6 Å². The predicted molar refractivity (Wildman–Crippen MR) is 93.0 cm³/mol. The molecule has 0 aliphatic carbocycles. The van der Waals surface area contributed by atoms with Crippen LogP contribution < -0.4 is 14.8 Å². The van der Waals surface area contributed by atoms with Crippen LogP contribution in [0, 0.1) is 6.92 Å². The molecule has 2 rings (SSSR count). The molecule has 0 saturated heterocycles. The number of hydrogen-bond donors (Lipinski definition) is 2. The SMILES string of the molecule is COc1ccc(OC)c([C@H](O)CNC(=O)c2ccc(Cl)cc2C)c1. The molecule has 2 N–H and O–H groups in total. The molecule has 0 spiro atoms. The smallest absolute Gasteiger partial charge is 0.251 e. The molecule has 0 fully saturated rings. The van der Waals surface area contributed by atoms with Gasteiger partial charge >= 0.3 is 0 Å². The molecule has 2 aromatic carbocycles. The lowest BCUT2D eigenvalue weighted by molar-refractivity contribution is 0.0914. The normalized spacial score (nSPS) is 11.7. The van der Waals surface area contributed by atoms with Crippen LogP contribution in [0.4, 0.5) is 0 Å². The van der Waals surface area contributed by atoms with Crippen LogP contribution in [0.1, 0.15) is 27.6 Å². The van der Waals surface area contributed by atoms with Crippen LogP contribution in [-0.2, 0) is 0 Å². The molecule has 5 nitrogen and oxygen atoms in total. The topological polar surface area (TPSA) is 67.8 Å².